The van der Waals surface area contributed by atoms with Gasteiger partial charge in [0, 0.05) is 42.0 Å². The van der Waals surface area contributed by atoms with E-state index in [0.29, 0.717) is 17.0 Å². The summed E-state index contributed by atoms with van der Waals surface area (Å²) in [6, 6.07) is 6.60. The normalized spacial score (nSPS) is 20.5. The van der Waals surface area contributed by atoms with Crippen molar-refractivity contribution in [1.82, 2.24) is 5.32 Å². The first-order chi connectivity index (χ1) is 10.1. The SMILES string of the molecule is O=C(CCC(=O)c1ccc(Cl)cc1)N[C@@H]1C=C[C@H](CO)C1. The molecule has 0 heterocycles. The van der Waals surface area contributed by atoms with Crippen LogP contribution in [-0.4, -0.2) is 29.4 Å². The fourth-order valence-corrected chi connectivity index (χ4v) is 2.43. The van der Waals surface area contributed by atoms with E-state index in [0.717, 1.165) is 0 Å². The highest BCUT2D eigenvalue weighted by Gasteiger charge is 2.20. The predicted octanol–water partition coefficient (Wildman–Crippen LogP) is 2.36. The van der Waals surface area contributed by atoms with Crippen LogP contribution in [0.3, 0.4) is 0 Å². The van der Waals surface area contributed by atoms with Crippen LogP contribution >= 0.6 is 11.6 Å². The van der Waals surface area contributed by atoms with Crippen molar-refractivity contribution in [2.24, 2.45) is 5.92 Å². The molecule has 1 amide bonds. The highest BCUT2D eigenvalue weighted by Crippen LogP contribution is 2.17. The Balaban J connectivity index is 1.75. The second-order valence-corrected chi connectivity index (χ2v) is 5.60. The van der Waals surface area contributed by atoms with E-state index in [1.54, 1.807) is 24.3 Å². The van der Waals surface area contributed by atoms with Crippen molar-refractivity contribution in [2.45, 2.75) is 25.3 Å². The number of aliphatic hydroxyl groups is 1. The lowest BCUT2D eigenvalue weighted by atomic mass is 10.1. The Morgan fingerprint density at radius 3 is 2.52 bits per heavy atom. The number of halogens is 1. The third kappa shape index (κ3) is 4.69. The van der Waals surface area contributed by atoms with Gasteiger partial charge < -0.3 is 10.4 Å². The van der Waals surface area contributed by atoms with E-state index < -0.39 is 0 Å². The maximum Gasteiger partial charge on any atom is 0.220 e. The maximum atomic E-state index is 11.9. The van der Waals surface area contributed by atoms with Crippen molar-refractivity contribution >= 4 is 23.3 Å². The van der Waals surface area contributed by atoms with Crippen LogP contribution in [0.15, 0.2) is 36.4 Å². The summed E-state index contributed by atoms with van der Waals surface area (Å²) in [4.78, 5) is 23.7. The Hall–Kier alpha value is -1.65. The van der Waals surface area contributed by atoms with E-state index in [2.05, 4.69) is 5.32 Å². The number of hydrogen-bond acceptors (Lipinski definition) is 3. The first-order valence-corrected chi connectivity index (χ1v) is 7.33. The molecule has 21 heavy (non-hydrogen) atoms. The summed E-state index contributed by atoms with van der Waals surface area (Å²) in [6.45, 7) is 0.0952. The Kier molecular flexibility index (Phi) is 5.53. The first-order valence-electron chi connectivity index (χ1n) is 6.96. The number of carbonyl (C=O) groups excluding carboxylic acids is 2. The van der Waals surface area contributed by atoms with Crippen molar-refractivity contribution in [1.29, 1.82) is 0 Å². The van der Waals surface area contributed by atoms with Crippen LogP contribution in [0.5, 0.6) is 0 Å². The maximum absolute atomic E-state index is 11.9. The van der Waals surface area contributed by atoms with Crippen molar-refractivity contribution in [3.8, 4) is 0 Å². The summed E-state index contributed by atoms with van der Waals surface area (Å²) < 4.78 is 0. The van der Waals surface area contributed by atoms with Gasteiger partial charge in [-0.25, -0.2) is 0 Å². The van der Waals surface area contributed by atoms with Gasteiger partial charge in [-0.15, -0.1) is 0 Å². The number of hydrogen-bond donors (Lipinski definition) is 2. The summed E-state index contributed by atoms with van der Waals surface area (Å²) in [5.41, 5.74) is 0.563. The molecule has 2 N–H and O–H groups in total. The lowest BCUT2D eigenvalue weighted by Crippen LogP contribution is -2.33. The van der Waals surface area contributed by atoms with Gasteiger partial charge in [-0.1, -0.05) is 23.8 Å². The van der Waals surface area contributed by atoms with E-state index in [-0.39, 0.29) is 43.1 Å². The highest BCUT2D eigenvalue weighted by atomic mass is 35.5. The molecule has 2 atom stereocenters. The molecule has 5 heteroatoms. The lowest BCUT2D eigenvalue weighted by Gasteiger charge is -2.12. The second-order valence-electron chi connectivity index (χ2n) is 5.17. The zero-order chi connectivity index (χ0) is 15.2. The van der Waals surface area contributed by atoms with Crippen molar-refractivity contribution in [3.63, 3.8) is 0 Å². The molecule has 0 fully saturated rings. The number of rotatable bonds is 6. The minimum absolute atomic E-state index is 0.0414. The van der Waals surface area contributed by atoms with Crippen molar-refractivity contribution in [3.05, 3.63) is 47.0 Å². The number of carbonyl (C=O) groups is 2. The zero-order valence-electron chi connectivity index (χ0n) is 11.6. The first kappa shape index (κ1) is 15.7. The van der Waals surface area contributed by atoms with Gasteiger partial charge in [0.05, 0.1) is 0 Å². The largest absolute Gasteiger partial charge is 0.396 e. The van der Waals surface area contributed by atoms with Crippen LogP contribution in [0.2, 0.25) is 5.02 Å². The van der Waals surface area contributed by atoms with E-state index in [4.69, 9.17) is 16.7 Å². The van der Waals surface area contributed by atoms with Crippen molar-refractivity contribution < 1.29 is 14.7 Å². The fraction of sp³-hybridized carbons (Fsp3) is 0.375. The molecule has 0 aromatic heterocycles. The molecule has 0 aliphatic heterocycles. The Morgan fingerprint density at radius 2 is 1.90 bits per heavy atom. The summed E-state index contributed by atoms with van der Waals surface area (Å²) >= 11 is 5.76. The van der Waals surface area contributed by atoms with Crippen LogP contribution in [-0.2, 0) is 4.79 Å². The molecule has 0 saturated heterocycles. The van der Waals surface area contributed by atoms with E-state index >= 15 is 0 Å². The Labute approximate surface area is 128 Å². The molecule has 0 saturated carbocycles. The van der Waals surface area contributed by atoms with Gasteiger partial charge in [-0.2, -0.15) is 0 Å². The van der Waals surface area contributed by atoms with Crippen LogP contribution in [0, 0.1) is 5.92 Å². The summed E-state index contributed by atoms with van der Waals surface area (Å²) in [5, 5.41) is 12.4. The molecule has 0 radical (unpaired) electrons. The average Bonchev–Trinajstić information content (AvgIpc) is 2.93. The smallest absolute Gasteiger partial charge is 0.220 e. The molecule has 112 valence electrons. The molecule has 0 unspecified atom stereocenters. The number of benzene rings is 1. The van der Waals surface area contributed by atoms with Gasteiger partial charge >= 0.3 is 0 Å². The van der Waals surface area contributed by atoms with E-state index in [1.165, 1.54) is 0 Å². The minimum Gasteiger partial charge on any atom is -0.396 e. The summed E-state index contributed by atoms with van der Waals surface area (Å²) in [6.07, 6.45) is 4.85. The van der Waals surface area contributed by atoms with Gasteiger partial charge in [0.1, 0.15) is 0 Å². The molecule has 1 aromatic carbocycles. The number of amides is 1. The number of nitrogens with one attached hydrogen (secondary N) is 1. The van der Waals surface area contributed by atoms with Crippen LogP contribution < -0.4 is 5.32 Å². The van der Waals surface area contributed by atoms with Gasteiger partial charge in [0.2, 0.25) is 5.91 Å². The molecular weight excluding hydrogens is 290 g/mol. The Morgan fingerprint density at radius 1 is 1.19 bits per heavy atom. The minimum atomic E-state index is -0.148. The average molecular weight is 308 g/mol. The molecule has 0 bridgehead atoms. The van der Waals surface area contributed by atoms with E-state index in [9.17, 15) is 9.59 Å². The Bertz CT molecular complexity index is 539. The quantitative estimate of drug-likeness (QED) is 0.626. The van der Waals surface area contributed by atoms with Crippen LogP contribution in [0.25, 0.3) is 0 Å². The van der Waals surface area contributed by atoms with Crippen LogP contribution in [0.1, 0.15) is 29.6 Å². The number of ketones is 1. The topological polar surface area (TPSA) is 66.4 Å². The molecule has 2 rings (SSSR count). The second kappa shape index (κ2) is 7.38. The highest BCUT2D eigenvalue weighted by molar-refractivity contribution is 6.30. The third-order valence-corrected chi connectivity index (χ3v) is 3.75. The fourth-order valence-electron chi connectivity index (χ4n) is 2.30. The van der Waals surface area contributed by atoms with Gasteiger partial charge in [0.25, 0.3) is 0 Å². The monoisotopic (exact) mass is 307 g/mol. The molecule has 4 nitrogen and oxygen atoms in total. The third-order valence-electron chi connectivity index (χ3n) is 3.50. The van der Waals surface area contributed by atoms with Crippen LogP contribution in [0.4, 0.5) is 0 Å². The summed E-state index contributed by atoms with van der Waals surface area (Å²) in [5.74, 6) is -0.103. The number of Topliss-reactive ketones (excluding diaryl/α,β-unsaturated/α-hetero) is 1. The van der Waals surface area contributed by atoms with Crippen molar-refractivity contribution in [2.75, 3.05) is 6.61 Å². The lowest BCUT2D eigenvalue weighted by molar-refractivity contribution is -0.121. The molecule has 1 aromatic rings. The van der Waals surface area contributed by atoms with Gasteiger partial charge in [0.15, 0.2) is 5.78 Å². The number of aliphatic hydroxyl groups excluding tert-OH is 1. The molecular formula is C16H18ClNO3. The van der Waals surface area contributed by atoms with E-state index in [1.807, 2.05) is 12.2 Å². The predicted molar refractivity (Wildman–Crippen MR) is 81.3 cm³/mol. The van der Waals surface area contributed by atoms with Gasteiger partial charge in [-0.3, -0.25) is 9.59 Å². The van der Waals surface area contributed by atoms with Gasteiger partial charge in [-0.05, 0) is 30.7 Å². The molecule has 1 aliphatic carbocycles. The molecule has 1 aliphatic rings. The standard InChI is InChI=1S/C16H18ClNO3/c17-13-4-2-12(3-5-13)15(20)7-8-16(21)18-14-6-1-11(9-14)10-19/h1-6,11,14,19H,7-10H2,(H,18,21)/t11-,14+/m0/s1. The molecule has 0 spiro atoms. The summed E-state index contributed by atoms with van der Waals surface area (Å²) in [7, 11) is 0. The zero-order valence-corrected chi connectivity index (χ0v) is 12.3.